The average molecular weight is 561 g/mol. The van der Waals surface area contributed by atoms with E-state index in [1.54, 1.807) is 0 Å². The molecule has 4 aliphatic rings. The van der Waals surface area contributed by atoms with Crippen molar-refractivity contribution in [1.29, 1.82) is 5.26 Å². The van der Waals surface area contributed by atoms with Crippen molar-refractivity contribution in [2.45, 2.75) is 120 Å². The number of piperidine rings is 2. The van der Waals surface area contributed by atoms with Crippen LogP contribution in [0.25, 0.3) is 0 Å². The third kappa shape index (κ3) is 8.86. The van der Waals surface area contributed by atoms with Crippen molar-refractivity contribution in [2.24, 2.45) is 17.8 Å². The van der Waals surface area contributed by atoms with Crippen molar-refractivity contribution in [3.8, 4) is 6.07 Å². The Hall–Kier alpha value is -1.28. The normalized spacial score (nSPS) is 38.4. The number of nitrogens with zero attached hydrogens (tertiary/aromatic N) is 2. The van der Waals surface area contributed by atoms with Gasteiger partial charge in [0.05, 0.1) is 36.8 Å². The Morgan fingerprint density at radius 3 is 2.60 bits per heavy atom. The topological polar surface area (TPSA) is 111 Å². The monoisotopic (exact) mass is 560 g/mol. The molecule has 4 fully saturated rings. The Bertz CT molecular complexity index is 813. The van der Waals surface area contributed by atoms with E-state index < -0.39 is 0 Å². The summed E-state index contributed by atoms with van der Waals surface area (Å²) in [4.78, 5) is 15.0. The summed E-state index contributed by atoms with van der Waals surface area (Å²) in [7, 11) is 4.07. The Kier molecular flexibility index (Phi) is 12.5. The van der Waals surface area contributed by atoms with E-state index in [1.807, 2.05) is 21.0 Å². The van der Waals surface area contributed by atoms with Gasteiger partial charge < -0.3 is 35.6 Å². The quantitative estimate of drug-likeness (QED) is 0.288. The fourth-order valence-electron chi connectivity index (χ4n) is 7.53. The number of nitriles is 1. The Balaban J connectivity index is 1.31. The first kappa shape index (κ1) is 31.7. The molecular formula is C31H56N6O3. The molecule has 2 saturated carbocycles. The first-order chi connectivity index (χ1) is 19.4. The van der Waals surface area contributed by atoms with Crippen molar-refractivity contribution < 1.29 is 14.3 Å². The molecule has 2 aliphatic carbocycles. The minimum Gasteiger partial charge on any atom is -0.377 e. The number of carbonyl (C=O) groups excluding carboxylic acids is 1. The standard InChI is InChI=1S/C31H56N6O3/c1-5-39-29-17-26-25(16-27(29)36-30(38)9-7-15-37(3)4)31(22(18-32)19-34-26)35-23-10-12-24(13-11-23)40-20-28-21(2)8-6-14-33-28/h21-29,31,33-35H,5-17,19-20H2,1-4H3,(H,36,38). The fourth-order valence-corrected chi connectivity index (χ4v) is 7.53. The van der Waals surface area contributed by atoms with Crippen LogP contribution >= 0.6 is 0 Å². The summed E-state index contributed by atoms with van der Waals surface area (Å²) in [5.41, 5.74) is 0. The Morgan fingerprint density at radius 1 is 1.10 bits per heavy atom. The molecule has 2 aliphatic heterocycles. The summed E-state index contributed by atoms with van der Waals surface area (Å²) >= 11 is 0. The van der Waals surface area contributed by atoms with E-state index in [-0.39, 0.29) is 35.9 Å². The molecule has 9 heteroatoms. The summed E-state index contributed by atoms with van der Waals surface area (Å²) in [6.07, 6.45) is 10.3. The van der Waals surface area contributed by atoms with E-state index in [9.17, 15) is 10.1 Å². The zero-order chi connectivity index (χ0) is 28.5. The van der Waals surface area contributed by atoms with Crippen LogP contribution in [0.3, 0.4) is 0 Å². The smallest absolute Gasteiger partial charge is 0.220 e. The highest BCUT2D eigenvalue weighted by Crippen LogP contribution is 2.36. The van der Waals surface area contributed by atoms with Gasteiger partial charge in [-0.05, 0) is 104 Å². The van der Waals surface area contributed by atoms with E-state index in [4.69, 9.17) is 9.47 Å². The van der Waals surface area contributed by atoms with E-state index in [0.29, 0.717) is 49.7 Å². The number of hydrogen-bond donors (Lipinski definition) is 4. The number of rotatable bonds is 12. The number of hydrogen-bond acceptors (Lipinski definition) is 8. The number of carbonyl (C=O) groups is 1. The lowest BCUT2D eigenvalue weighted by atomic mass is 9.69. The molecular weight excluding hydrogens is 504 g/mol. The van der Waals surface area contributed by atoms with Gasteiger partial charge in [-0.15, -0.1) is 0 Å². The van der Waals surface area contributed by atoms with Crippen LogP contribution < -0.4 is 21.3 Å². The lowest BCUT2D eigenvalue weighted by molar-refractivity contribution is -0.124. The van der Waals surface area contributed by atoms with E-state index in [2.05, 4.69) is 39.2 Å². The van der Waals surface area contributed by atoms with Gasteiger partial charge in [-0.2, -0.15) is 5.26 Å². The van der Waals surface area contributed by atoms with Crippen LogP contribution in [-0.4, -0.2) is 100 Å². The lowest BCUT2D eigenvalue weighted by Gasteiger charge is -2.50. The van der Waals surface area contributed by atoms with E-state index in [1.165, 1.54) is 12.8 Å². The molecule has 0 aromatic carbocycles. The minimum absolute atomic E-state index is 0.00444. The maximum atomic E-state index is 12.8. The van der Waals surface area contributed by atoms with Crippen molar-refractivity contribution >= 4 is 5.91 Å². The second-order valence-electron chi connectivity index (χ2n) is 13.1. The van der Waals surface area contributed by atoms with Crippen LogP contribution in [0.5, 0.6) is 0 Å². The zero-order valence-electron chi connectivity index (χ0n) is 25.5. The molecule has 2 heterocycles. The maximum Gasteiger partial charge on any atom is 0.220 e. The summed E-state index contributed by atoms with van der Waals surface area (Å²) in [5.74, 6) is 1.01. The highest BCUT2D eigenvalue weighted by Gasteiger charge is 2.47. The largest absolute Gasteiger partial charge is 0.377 e. The molecule has 8 atom stereocenters. The molecule has 9 nitrogen and oxygen atoms in total. The highest BCUT2D eigenvalue weighted by molar-refractivity contribution is 5.76. The number of ether oxygens (including phenoxy) is 2. The SMILES string of the molecule is CCOC1CC2NCC(C#N)C(NC3CCC(OCC4NCCCC4C)CC3)C2CC1NC(=O)CCCN(C)C. The molecule has 4 N–H and O–H groups in total. The molecule has 0 bridgehead atoms. The third-order valence-corrected chi connectivity index (χ3v) is 9.92. The third-order valence-electron chi connectivity index (χ3n) is 9.92. The number of nitrogens with one attached hydrogen (secondary N) is 4. The molecule has 40 heavy (non-hydrogen) atoms. The van der Waals surface area contributed by atoms with E-state index in [0.717, 1.165) is 64.6 Å². The highest BCUT2D eigenvalue weighted by atomic mass is 16.5. The van der Waals surface area contributed by atoms with Crippen LogP contribution in [0.4, 0.5) is 0 Å². The van der Waals surface area contributed by atoms with Crippen LogP contribution in [0.2, 0.25) is 0 Å². The maximum absolute atomic E-state index is 12.8. The summed E-state index contributed by atoms with van der Waals surface area (Å²) in [6.45, 7) is 8.54. The molecule has 4 rings (SSSR count). The van der Waals surface area contributed by atoms with Crippen LogP contribution in [-0.2, 0) is 14.3 Å². The van der Waals surface area contributed by atoms with Crippen molar-refractivity contribution in [1.82, 2.24) is 26.2 Å². The van der Waals surface area contributed by atoms with Crippen molar-refractivity contribution in [3.63, 3.8) is 0 Å². The molecule has 0 radical (unpaired) electrons. The molecule has 0 aromatic rings. The predicted octanol–water partition coefficient (Wildman–Crippen LogP) is 2.41. The lowest BCUT2D eigenvalue weighted by Crippen LogP contribution is -2.66. The minimum atomic E-state index is -0.0748. The summed E-state index contributed by atoms with van der Waals surface area (Å²) in [5, 5.41) is 24.7. The second-order valence-corrected chi connectivity index (χ2v) is 13.1. The molecule has 0 spiro atoms. The zero-order valence-corrected chi connectivity index (χ0v) is 25.5. The Morgan fingerprint density at radius 2 is 1.90 bits per heavy atom. The fraction of sp³-hybridized carbons (Fsp3) is 0.935. The van der Waals surface area contributed by atoms with Crippen LogP contribution in [0, 0.1) is 29.1 Å². The number of fused-ring (bicyclic) bond motifs is 1. The van der Waals surface area contributed by atoms with E-state index >= 15 is 0 Å². The first-order valence-electron chi connectivity index (χ1n) is 16.2. The Labute approximate surface area is 242 Å². The van der Waals surface area contributed by atoms with Crippen LogP contribution in [0.1, 0.15) is 78.1 Å². The summed E-state index contributed by atoms with van der Waals surface area (Å²) in [6, 6.07) is 3.90. The molecule has 1 amide bonds. The van der Waals surface area contributed by atoms with Gasteiger partial charge in [0.1, 0.15) is 0 Å². The molecule has 228 valence electrons. The van der Waals surface area contributed by atoms with Gasteiger partial charge in [-0.25, -0.2) is 0 Å². The van der Waals surface area contributed by atoms with Gasteiger partial charge in [-0.3, -0.25) is 4.79 Å². The van der Waals surface area contributed by atoms with Gasteiger partial charge in [-0.1, -0.05) is 6.92 Å². The molecule has 0 aromatic heterocycles. The van der Waals surface area contributed by atoms with Crippen molar-refractivity contribution in [3.05, 3.63) is 0 Å². The summed E-state index contributed by atoms with van der Waals surface area (Å²) < 4.78 is 12.5. The van der Waals surface area contributed by atoms with Gasteiger partial charge in [0.25, 0.3) is 0 Å². The van der Waals surface area contributed by atoms with Gasteiger partial charge in [0.2, 0.25) is 5.91 Å². The first-order valence-corrected chi connectivity index (χ1v) is 16.2. The molecule has 2 saturated heterocycles. The molecule has 8 unspecified atom stereocenters. The van der Waals surface area contributed by atoms with Gasteiger partial charge in [0, 0.05) is 43.7 Å². The van der Waals surface area contributed by atoms with Gasteiger partial charge >= 0.3 is 0 Å². The van der Waals surface area contributed by atoms with Crippen molar-refractivity contribution in [2.75, 3.05) is 46.9 Å². The average Bonchev–Trinajstić information content (AvgIpc) is 2.94. The second kappa shape index (κ2) is 15.8. The van der Waals surface area contributed by atoms with Gasteiger partial charge in [0.15, 0.2) is 0 Å². The van der Waals surface area contributed by atoms with Crippen LogP contribution in [0.15, 0.2) is 0 Å². The number of amides is 1. The predicted molar refractivity (Wildman–Crippen MR) is 158 cm³/mol.